The number of likely N-dealkylation sites (tertiary alicyclic amines) is 1. The number of halogens is 1. The van der Waals surface area contributed by atoms with Crippen molar-refractivity contribution in [3.05, 3.63) is 47.5 Å². The Morgan fingerprint density at radius 2 is 2.00 bits per heavy atom. The summed E-state index contributed by atoms with van der Waals surface area (Å²) in [5, 5.41) is 19.0. The maximum Gasteiger partial charge on any atom is 0.123 e. The molecule has 2 heterocycles. The van der Waals surface area contributed by atoms with E-state index in [4.69, 9.17) is 0 Å². The smallest absolute Gasteiger partial charge is 0.123 e. The molecule has 2 aromatic rings. The Kier molecular flexibility index (Phi) is 5.20. The zero-order chi connectivity index (χ0) is 18.0. The summed E-state index contributed by atoms with van der Waals surface area (Å²) in [5.74, 6) is -0.277. The van der Waals surface area contributed by atoms with Crippen LogP contribution < -0.4 is 0 Å². The van der Waals surface area contributed by atoms with E-state index in [0.29, 0.717) is 12.5 Å². The number of aliphatic hydroxyl groups excluding tert-OH is 1. The van der Waals surface area contributed by atoms with E-state index in [0.717, 1.165) is 37.2 Å². The van der Waals surface area contributed by atoms with Gasteiger partial charge in [0.25, 0.3) is 0 Å². The number of hydrogen-bond donors (Lipinski definition) is 1. The molecule has 1 fully saturated rings. The number of aromatic nitrogens is 3. The van der Waals surface area contributed by atoms with Crippen molar-refractivity contribution >= 4 is 0 Å². The second-order valence-electron chi connectivity index (χ2n) is 7.89. The first-order valence-electron chi connectivity index (χ1n) is 8.92. The van der Waals surface area contributed by atoms with Crippen LogP contribution in [0, 0.1) is 5.82 Å². The summed E-state index contributed by atoms with van der Waals surface area (Å²) in [6, 6.07) is 6.42. The number of nitrogens with zero attached hydrogens (tertiary/aromatic N) is 4. The second kappa shape index (κ2) is 7.22. The first kappa shape index (κ1) is 18.0. The average molecular weight is 346 g/mol. The normalized spacial score (nSPS) is 20.1. The highest BCUT2D eigenvalue weighted by Crippen LogP contribution is 2.28. The lowest BCUT2D eigenvalue weighted by Gasteiger charge is -2.25. The molecule has 5 nitrogen and oxygen atoms in total. The van der Waals surface area contributed by atoms with Crippen LogP contribution >= 0.6 is 0 Å². The minimum Gasteiger partial charge on any atom is -0.388 e. The van der Waals surface area contributed by atoms with E-state index in [1.165, 1.54) is 12.1 Å². The lowest BCUT2D eigenvalue weighted by atomic mass is 10.0. The molecule has 6 heteroatoms. The fourth-order valence-corrected chi connectivity index (χ4v) is 3.36. The molecule has 1 N–H and O–H groups in total. The van der Waals surface area contributed by atoms with Gasteiger partial charge in [-0.1, -0.05) is 17.3 Å². The van der Waals surface area contributed by atoms with Gasteiger partial charge in [-0.3, -0.25) is 4.90 Å². The van der Waals surface area contributed by atoms with E-state index < -0.39 is 6.10 Å². The molecule has 2 atom stereocenters. The van der Waals surface area contributed by atoms with Crippen LogP contribution in [0.2, 0.25) is 0 Å². The molecule has 1 saturated heterocycles. The van der Waals surface area contributed by atoms with Gasteiger partial charge in [0.05, 0.1) is 23.5 Å². The first-order valence-corrected chi connectivity index (χ1v) is 8.92. The topological polar surface area (TPSA) is 54.2 Å². The van der Waals surface area contributed by atoms with Gasteiger partial charge in [-0.2, -0.15) is 0 Å². The lowest BCUT2D eigenvalue weighted by Crippen LogP contribution is -2.30. The molecule has 1 aliphatic rings. The molecule has 0 radical (unpaired) electrons. The standard InChI is InChI=1S/C19H27FN4O/c1-19(2,3)24-13-16(21-22-24)12-23-10-4-5-17(23)11-18(25)14-6-8-15(20)9-7-14/h6-9,13,17-18,25H,4-5,10-12H2,1-3H3/t17-,18+/m0/s1. The van der Waals surface area contributed by atoms with Gasteiger partial charge in [-0.15, -0.1) is 5.10 Å². The molecular formula is C19H27FN4O. The molecule has 0 spiro atoms. The van der Waals surface area contributed by atoms with Gasteiger partial charge in [0, 0.05) is 12.6 Å². The van der Waals surface area contributed by atoms with Gasteiger partial charge in [0.2, 0.25) is 0 Å². The molecular weight excluding hydrogens is 319 g/mol. The zero-order valence-corrected chi connectivity index (χ0v) is 15.2. The number of hydrogen-bond acceptors (Lipinski definition) is 4. The van der Waals surface area contributed by atoms with Crippen LogP contribution in [0.4, 0.5) is 4.39 Å². The van der Waals surface area contributed by atoms with Crippen molar-refractivity contribution < 1.29 is 9.50 Å². The highest BCUT2D eigenvalue weighted by Gasteiger charge is 2.28. The average Bonchev–Trinajstić information content (AvgIpc) is 3.18. The van der Waals surface area contributed by atoms with Crippen molar-refractivity contribution in [2.45, 2.75) is 64.3 Å². The van der Waals surface area contributed by atoms with Crippen LogP contribution in [0.25, 0.3) is 0 Å². The van der Waals surface area contributed by atoms with Crippen molar-refractivity contribution in [3.63, 3.8) is 0 Å². The molecule has 136 valence electrons. The third-order valence-electron chi connectivity index (χ3n) is 4.84. The van der Waals surface area contributed by atoms with Crippen molar-refractivity contribution in [2.24, 2.45) is 0 Å². The van der Waals surface area contributed by atoms with Crippen LogP contribution in [-0.2, 0) is 12.1 Å². The maximum atomic E-state index is 13.0. The van der Waals surface area contributed by atoms with Crippen LogP contribution in [-0.4, -0.2) is 37.6 Å². The van der Waals surface area contributed by atoms with Crippen LogP contribution in [0.15, 0.2) is 30.5 Å². The summed E-state index contributed by atoms with van der Waals surface area (Å²) in [6.45, 7) is 8.05. The lowest BCUT2D eigenvalue weighted by molar-refractivity contribution is 0.117. The molecule has 0 aliphatic carbocycles. The van der Waals surface area contributed by atoms with Crippen molar-refractivity contribution in [1.29, 1.82) is 0 Å². The van der Waals surface area contributed by atoms with E-state index in [1.54, 1.807) is 12.1 Å². The molecule has 0 amide bonds. The Morgan fingerprint density at radius 1 is 1.28 bits per heavy atom. The Hall–Kier alpha value is -1.79. The van der Waals surface area contributed by atoms with E-state index >= 15 is 0 Å². The first-order chi connectivity index (χ1) is 11.8. The minimum atomic E-state index is -0.573. The van der Waals surface area contributed by atoms with E-state index in [2.05, 4.69) is 36.0 Å². The maximum absolute atomic E-state index is 13.0. The fraction of sp³-hybridized carbons (Fsp3) is 0.579. The number of benzene rings is 1. The predicted molar refractivity (Wildman–Crippen MR) is 94.4 cm³/mol. The molecule has 0 bridgehead atoms. The second-order valence-corrected chi connectivity index (χ2v) is 7.89. The molecule has 1 aromatic heterocycles. The quantitative estimate of drug-likeness (QED) is 0.903. The molecule has 0 saturated carbocycles. The highest BCUT2D eigenvalue weighted by atomic mass is 19.1. The minimum absolute atomic E-state index is 0.0750. The van der Waals surface area contributed by atoms with Crippen LogP contribution in [0.1, 0.15) is 57.4 Å². The summed E-state index contributed by atoms with van der Waals surface area (Å²) >= 11 is 0. The Balaban J connectivity index is 1.62. The van der Waals surface area contributed by atoms with Crippen LogP contribution in [0.3, 0.4) is 0 Å². The van der Waals surface area contributed by atoms with Gasteiger partial charge in [-0.25, -0.2) is 9.07 Å². The number of aliphatic hydroxyl groups is 1. The van der Waals surface area contributed by atoms with Crippen LogP contribution in [0.5, 0.6) is 0 Å². The van der Waals surface area contributed by atoms with Crippen molar-refractivity contribution in [3.8, 4) is 0 Å². The van der Waals surface area contributed by atoms with Crippen molar-refractivity contribution in [1.82, 2.24) is 19.9 Å². The molecule has 25 heavy (non-hydrogen) atoms. The summed E-state index contributed by atoms with van der Waals surface area (Å²) < 4.78 is 14.9. The molecule has 3 rings (SSSR count). The molecule has 0 unspecified atom stereocenters. The fourth-order valence-electron chi connectivity index (χ4n) is 3.36. The predicted octanol–water partition coefficient (Wildman–Crippen LogP) is 3.26. The van der Waals surface area contributed by atoms with Gasteiger partial charge < -0.3 is 5.11 Å². The van der Waals surface area contributed by atoms with Gasteiger partial charge in [0.15, 0.2) is 0 Å². The Labute approximate surface area is 148 Å². The van der Waals surface area contributed by atoms with Gasteiger partial charge in [0.1, 0.15) is 5.82 Å². The summed E-state index contributed by atoms with van der Waals surface area (Å²) in [7, 11) is 0. The molecule has 1 aromatic carbocycles. The van der Waals surface area contributed by atoms with Gasteiger partial charge in [-0.05, 0) is 64.3 Å². The third kappa shape index (κ3) is 4.44. The zero-order valence-electron chi connectivity index (χ0n) is 15.2. The highest BCUT2D eigenvalue weighted by molar-refractivity contribution is 5.18. The summed E-state index contributed by atoms with van der Waals surface area (Å²) in [6.07, 6.45) is 4.27. The SMILES string of the molecule is CC(C)(C)n1cc(CN2CCC[C@H]2C[C@@H](O)c2ccc(F)cc2)nn1. The summed E-state index contributed by atoms with van der Waals surface area (Å²) in [5.41, 5.74) is 1.65. The largest absolute Gasteiger partial charge is 0.388 e. The Bertz CT molecular complexity index is 692. The Morgan fingerprint density at radius 3 is 2.64 bits per heavy atom. The van der Waals surface area contributed by atoms with Crippen molar-refractivity contribution in [2.75, 3.05) is 6.54 Å². The van der Waals surface area contributed by atoms with E-state index in [9.17, 15) is 9.50 Å². The monoisotopic (exact) mass is 346 g/mol. The third-order valence-corrected chi connectivity index (χ3v) is 4.84. The van der Waals surface area contributed by atoms with E-state index in [1.807, 2.05) is 10.9 Å². The van der Waals surface area contributed by atoms with E-state index in [-0.39, 0.29) is 11.4 Å². The van der Waals surface area contributed by atoms with Gasteiger partial charge >= 0.3 is 0 Å². The molecule has 1 aliphatic heterocycles. The summed E-state index contributed by atoms with van der Waals surface area (Å²) in [4.78, 5) is 2.36. The number of rotatable bonds is 5.